The highest BCUT2D eigenvalue weighted by Gasteiger charge is 2.03. The predicted octanol–water partition coefficient (Wildman–Crippen LogP) is 4.06. The number of halogens is 1. The fourth-order valence-corrected chi connectivity index (χ4v) is 3.09. The second-order valence-electron chi connectivity index (χ2n) is 5.46. The number of nitrogens with one attached hydrogen (secondary N) is 1. The summed E-state index contributed by atoms with van der Waals surface area (Å²) in [5, 5.41) is 2.96. The van der Waals surface area contributed by atoms with Gasteiger partial charge in [-0.15, -0.1) is 11.8 Å². The Kier molecular flexibility index (Phi) is 6.99. The van der Waals surface area contributed by atoms with Crippen LogP contribution in [-0.4, -0.2) is 25.8 Å². The van der Waals surface area contributed by atoms with Crippen LogP contribution in [0.25, 0.3) is 0 Å². The number of thioether (sulfide) groups is 1. The molecule has 23 heavy (non-hydrogen) atoms. The Balaban J connectivity index is 1.69. The lowest BCUT2D eigenvalue weighted by atomic mass is 10.2. The van der Waals surface area contributed by atoms with Gasteiger partial charge >= 0.3 is 0 Å². The molecule has 1 amide bonds. The third-order valence-corrected chi connectivity index (χ3v) is 4.89. The van der Waals surface area contributed by atoms with Crippen LogP contribution in [0.5, 0.6) is 0 Å². The molecule has 3 nitrogen and oxygen atoms in total. The van der Waals surface area contributed by atoms with Crippen molar-refractivity contribution in [3.8, 4) is 0 Å². The standard InChI is InChI=1S/C18H21BrN2OS/c1-21(2)17-9-5-14(6-10-17)11-20-18(22)13-23-12-15-3-7-16(19)8-4-15/h3-10H,11-13H2,1-2H3,(H,20,22). The van der Waals surface area contributed by atoms with E-state index in [1.165, 1.54) is 5.56 Å². The van der Waals surface area contributed by atoms with E-state index in [2.05, 4.69) is 50.4 Å². The van der Waals surface area contributed by atoms with Crippen LogP contribution in [0.2, 0.25) is 0 Å². The van der Waals surface area contributed by atoms with E-state index in [4.69, 9.17) is 0 Å². The van der Waals surface area contributed by atoms with E-state index in [0.717, 1.165) is 21.5 Å². The molecule has 0 spiro atoms. The predicted molar refractivity (Wildman–Crippen MR) is 103 cm³/mol. The van der Waals surface area contributed by atoms with Crippen molar-refractivity contribution in [2.24, 2.45) is 0 Å². The Bertz CT molecular complexity index is 626. The van der Waals surface area contributed by atoms with E-state index in [0.29, 0.717) is 12.3 Å². The Morgan fingerprint density at radius 1 is 1.04 bits per heavy atom. The lowest BCUT2D eigenvalue weighted by Gasteiger charge is -2.13. The van der Waals surface area contributed by atoms with E-state index in [9.17, 15) is 4.79 Å². The second kappa shape index (κ2) is 8.99. The van der Waals surface area contributed by atoms with Gasteiger partial charge in [0.1, 0.15) is 0 Å². The largest absolute Gasteiger partial charge is 0.378 e. The molecule has 2 aromatic rings. The average Bonchev–Trinajstić information content (AvgIpc) is 2.55. The minimum Gasteiger partial charge on any atom is -0.378 e. The lowest BCUT2D eigenvalue weighted by molar-refractivity contribution is -0.118. The molecule has 0 aliphatic heterocycles. The highest BCUT2D eigenvalue weighted by atomic mass is 79.9. The maximum atomic E-state index is 11.9. The Hall–Kier alpha value is -1.46. The van der Waals surface area contributed by atoms with E-state index < -0.39 is 0 Å². The molecular weight excluding hydrogens is 372 g/mol. The summed E-state index contributed by atoms with van der Waals surface area (Å²) in [6, 6.07) is 16.4. The van der Waals surface area contributed by atoms with Gasteiger partial charge in [0, 0.05) is 36.6 Å². The number of nitrogens with zero attached hydrogens (tertiary/aromatic N) is 1. The van der Waals surface area contributed by atoms with Crippen LogP contribution in [0.4, 0.5) is 5.69 Å². The minimum absolute atomic E-state index is 0.0730. The number of benzene rings is 2. The molecule has 2 aromatic carbocycles. The number of hydrogen-bond acceptors (Lipinski definition) is 3. The van der Waals surface area contributed by atoms with Gasteiger partial charge < -0.3 is 10.2 Å². The molecule has 1 N–H and O–H groups in total. The van der Waals surface area contributed by atoms with Crippen molar-refractivity contribution >= 4 is 39.3 Å². The van der Waals surface area contributed by atoms with E-state index in [1.807, 2.05) is 38.4 Å². The Morgan fingerprint density at radius 2 is 1.65 bits per heavy atom. The van der Waals surface area contributed by atoms with E-state index >= 15 is 0 Å². The van der Waals surface area contributed by atoms with Gasteiger partial charge in [0.25, 0.3) is 0 Å². The molecule has 0 heterocycles. The normalized spacial score (nSPS) is 10.4. The summed E-state index contributed by atoms with van der Waals surface area (Å²) in [6.45, 7) is 0.575. The minimum atomic E-state index is 0.0730. The molecular formula is C18H21BrN2OS. The SMILES string of the molecule is CN(C)c1ccc(CNC(=O)CSCc2ccc(Br)cc2)cc1. The smallest absolute Gasteiger partial charge is 0.230 e. The molecule has 0 atom stereocenters. The first-order valence-electron chi connectivity index (χ1n) is 7.40. The summed E-state index contributed by atoms with van der Waals surface area (Å²) >= 11 is 5.05. The summed E-state index contributed by atoms with van der Waals surface area (Å²) in [7, 11) is 4.03. The maximum Gasteiger partial charge on any atom is 0.230 e. The molecule has 122 valence electrons. The summed E-state index contributed by atoms with van der Waals surface area (Å²) in [5.41, 5.74) is 3.50. The second-order valence-corrected chi connectivity index (χ2v) is 7.36. The lowest BCUT2D eigenvalue weighted by Crippen LogP contribution is -2.24. The van der Waals surface area contributed by atoms with Crippen molar-refractivity contribution in [1.29, 1.82) is 0 Å². The van der Waals surface area contributed by atoms with Crippen LogP contribution < -0.4 is 10.2 Å². The van der Waals surface area contributed by atoms with Gasteiger partial charge in [-0.05, 0) is 35.4 Å². The third kappa shape index (κ3) is 6.28. The molecule has 0 bridgehead atoms. The van der Waals surface area contributed by atoms with Gasteiger partial charge in [-0.2, -0.15) is 0 Å². The molecule has 0 unspecified atom stereocenters. The molecule has 0 radical (unpaired) electrons. The zero-order valence-electron chi connectivity index (χ0n) is 13.4. The number of carbonyl (C=O) groups excluding carboxylic acids is 1. The molecule has 5 heteroatoms. The Labute approximate surface area is 150 Å². The summed E-state index contributed by atoms with van der Waals surface area (Å²) in [4.78, 5) is 13.9. The zero-order valence-corrected chi connectivity index (χ0v) is 15.8. The summed E-state index contributed by atoms with van der Waals surface area (Å²) < 4.78 is 1.07. The quantitative estimate of drug-likeness (QED) is 0.770. The summed E-state index contributed by atoms with van der Waals surface area (Å²) in [5.74, 6) is 1.40. The number of hydrogen-bond donors (Lipinski definition) is 1. The molecule has 0 fully saturated rings. The van der Waals surface area contributed by atoms with Crippen molar-refractivity contribution in [3.63, 3.8) is 0 Å². The summed E-state index contributed by atoms with van der Waals surface area (Å²) in [6.07, 6.45) is 0. The number of amides is 1. The highest BCUT2D eigenvalue weighted by molar-refractivity contribution is 9.10. The molecule has 0 saturated heterocycles. The van der Waals surface area contributed by atoms with Crippen LogP contribution in [0.1, 0.15) is 11.1 Å². The molecule has 2 rings (SSSR count). The van der Waals surface area contributed by atoms with Crippen molar-refractivity contribution in [1.82, 2.24) is 5.32 Å². The van der Waals surface area contributed by atoms with Crippen molar-refractivity contribution in [2.75, 3.05) is 24.7 Å². The van der Waals surface area contributed by atoms with Crippen LogP contribution in [0.3, 0.4) is 0 Å². The number of rotatable bonds is 7. The van der Waals surface area contributed by atoms with Crippen molar-refractivity contribution < 1.29 is 4.79 Å². The molecule has 0 aliphatic carbocycles. The fraction of sp³-hybridized carbons (Fsp3) is 0.278. The van der Waals surface area contributed by atoms with Gasteiger partial charge in [0.2, 0.25) is 5.91 Å². The van der Waals surface area contributed by atoms with E-state index in [-0.39, 0.29) is 5.91 Å². The monoisotopic (exact) mass is 392 g/mol. The first-order chi connectivity index (χ1) is 11.0. The fourth-order valence-electron chi connectivity index (χ4n) is 2.01. The van der Waals surface area contributed by atoms with Crippen LogP contribution in [0, 0.1) is 0 Å². The first kappa shape index (κ1) is 17.9. The average molecular weight is 393 g/mol. The zero-order chi connectivity index (χ0) is 16.7. The van der Waals surface area contributed by atoms with Crippen LogP contribution in [-0.2, 0) is 17.1 Å². The van der Waals surface area contributed by atoms with Gasteiger partial charge in [-0.1, -0.05) is 40.2 Å². The van der Waals surface area contributed by atoms with Gasteiger partial charge in [-0.25, -0.2) is 0 Å². The van der Waals surface area contributed by atoms with Gasteiger partial charge in [0.05, 0.1) is 5.75 Å². The molecule has 0 saturated carbocycles. The van der Waals surface area contributed by atoms with Gasteiger partial charge in [-0.3, -0.25) is 4.79 Å². The molecule has 0 aromatic heterocycles. The first-order valence-corrected chi connectivity index (χ1v) is 9.34. The Morgan fingerprint density at radius 3 is 2.26 bits per heavy atom. The highest BCUT2D eigenvalue weighted by Crippen LogP contribution is 2.16. The third-order valence-electron chi connectivity index (χ3n) is 3.36. The maximum absolute atomic E-state index is 11.9. The van der Waals surface area contributed by atoms with Gasteiger partial charge in [0.15, 0.2) is 0 Å². The van der Waals surface area contributed by atoms with E-state index in [1.54, 1.807) is 11.8 Å². The van der Waals surface area contributed by atoms with Crippen molar-refractivity contribution in [3.05, 3.63) is 64.1 Å². The topological polar surface area (TPSA) is 32.3 Å². The van der Waals surface area contributed by atoms with Crippen LogP contribution >= 0.6 is 27.7 Å². The van der Waals surface area contributed by atoms with Crippen LogP contribution in [0.15, 0.2) is 53.0 Å². The molecule has 0 aliphatic rings. The van der Waals surface area contributed by atoms with Crippen molar-refractivity contribution in [2.45, 2.75) is 12.3 Å². The number of carbonyl (C=O) groups is 1. The number of anilines is 1.